The Balaban J connectivity index is 1.43. The summed E-state index contributed by atoms with van der Waals surface area (Å²) in [6.45, 7) is 0. The van der Waals surface area contributed by atoms with E-state index in [1.54, 1.807) is 0 Å². The highest BCUT2D eigenvalue weighted by Gasteiger charge is 2.16. The second-order valence-electron chi connectivity index (χ2n) is 8.03. The number of nitrogens with zero attached hydrogens (tertiary/aromatic N) is 1. The van der Waals surface area contributed by atoms with Gasteiger partial charge in [-0.15, -0.1) is 0 Å². The van der Waals surface area contributed by atoms with Crippen LogP contribution in [0.2, 0.25) is 0 Å². The van der Waals surface area contributed by atoms with Gasteiger partial charge < -0.3 is 8.83 Å². The Morgan fingerprint density at radius 3 is 2.00 bits per heavy atom. The molecule has 3 aromatic heterocycles. The first-order valence-corrected chi connectivity index (χ1v) is 10.6. The molecule has 32 heavy (non-hydrogen) atoms. The predicted octanol–water partition coefficient (Wildman–Crippen LogP) is 8.21. The minimum absolute atomic E-state index is 0.797. The second kappa shape index (κ2) is 6.56. The third kappa shape index (κ3) is 2.51. The number of hydrogen-bond acceptors (Lipinski definition) is 3. The zero-order chi connectivity index (χ0) is 21.1. The molecule has 0 saturated heterocycles. The first-order valence-electron chi connectivity index (χ1n) is 10.6. The number of aromatic nitrogens is 1. The largest absolute Gasteiger partial charge is 0.452 e. The molecule has 0 amide bonds. The van der Waals surface area contributed by atoms with Crippen LogP contribution in [-0.2, 0) is 0 Å². The number of para-hydroxylation sites is 1. The molecule has 0 atom stereocenters. The second-order valence-corrected chi connectivity index (χ2v) is 8.03. The highest BCUT2D eigenvalue weighted by atomic mass is 16.4. The Morgan fingerprint density at radius 1 is 0.469 bits per heavy atom. The van der Waals surface area contributed by atoms with Crippen molar-refractivity contribution < 1.29 is 8.83 Å². The number of hydrogen-bond donors (Lipinski definition) is 0. The van der Waals surface area contributed by atoms with Crippen molar-refractivity contribution in [2.75, 3.05) is 0 Å². The van der Waals surface area contributed by atoms with Crippen LogP contribution in [0.25, 0.3) is 66.3 Å². The van der Waals surface area contributed by atoms with E-state index in [9.17, 15) is 0 Å². The van der Waals surface area contributed by atoms with E-state index in [2.05, 4.69) is 53.5 Å². The summed E-state index contributed by atoms with van der Waals surface area (Å²) >= 11 is 0. The smallest absolute Gasteiger partial charge is 0.178 e. The van der Waals surface area contributed by atoms with Gasteiger partial charge >= 0.3 is 0 Å². The number of benzene rings is 4. The SMILES string of the molecule is c1ccc(-c2cc(-c3ccc4oc5c(ccc6c7ccccc7oc65)c4c3)ccn2)cc1. The predicted molar refractivity (Wildman–Crippen MR) is 130 cm³/mol. The molecular formula is C29H17NO2. The summed E-state index contributed by atoms with van der Waals surface area (Å²) in [6.07, 6.45) is 1.87. The fourth-order valence-corrected chi connectivity index (χ4v) is 4.57. The Labute approximate surface area is 183 Å². The molecule has 4 aromatic carbocycles. The van der Waals surface area contributed by atoms with E-state index in [-0.39, 0.29) is 0 Å². The normalized spacial score (nSPS) is 11.8. The minimum atomic E-state index is 0.797. The van der Waals surface area contributed by atoms with Crippen molar-refractivity contribution >= 4 is 43.9 Å². The number of furan rings is 2. The van der Waals surface area contributed by atoms with Crippen molar-refractivity contribution in [3.8, 4) is 22.4 Å². The van der Waals surface area contributed by atoms with E-state index < -0.39 is 0 Å². The Morgan fingerprint density at radius 2 is 1.16 bits per heavy atom. The van der Waals surface area contributed by atoms with Gasteiger partial charge in [-0.2, -0.15) is 0 Å². The molecule has 150 valence electrons. The average Bonchev–Trinajstić information content (AvgIpc) is 3.42. The molecule has 0 N–H and O–H groups in total. The van der Waals surface area contributed by atoms with Crippen molar-refractivity contribution in [1.82, 2.24) is 4.98 Å². The van der Waals surface area contributed by atoms with Gasteiger partial charge in [0.25, 0.3) is 0 Å². The third-order valence-corrected chi connectivity index (χ3v) is 6.15. The van der Waals surface area contributed by atoms with Crippen molar-refractivity contribution in [2.45, 2.75) is 0 Å². The summed E-state index contributed by atoms with van der Waals surface area (Å²) in [5.74, 6) is 0. The van der Waals surface area contributed by atoms with E-state index in [0.717, 1.165) is 66.3 Å². The number of pyridine rings is 1. The molecule has 0 unspecified atom stereocenters. The van der Waals surface area contributed by atoms with Crippen LogP contribution in [0.5, 0.6) is 0 Å². The molecule has 0 aliphatic heterocycles. The van der Waals surface area contributed by atoms with Crippen LogP contribution in [0.15, 0.2) is 112 Å². The molecule has 0 aliphatic carbocycles. The van der Waals surface area contributed by atoms with Gasteiger partial charge in [0.2, 0.25) is 0 Å². The van der Waals surface area contributed by atoms with Gasteiger partial charge in [-0.25, -0.2) is 0 Å². The van der Waals surface area contributed by atoms with Crippen LogP contribution in [0, 0.1) is 0 Å². The molecule has 7 rings (SSSR count). The monoisotopic (exact) mass is 411 g/mol. The van der Waals surface area contributed by atoms with E-state index in [1.165, 1.54) is 0 Å². The van der Waals surface area contributed by atoms with Crippen LogP contribution >= 0.6 is 0 Å². The lowest BCUT2D eigenvalue weighted by molar-refractivity contribution is 0.633. The highest BCUT2D eigenvalue weighted by Crippen LogP contribution is 2.39. The molecule has 0 fully saturated rings. The molecule has 3 heteroatoms. The Bertz CT molecular complexity index is 1770. The Kier molecular flexibility index (Phi) is 3.55. The van der Waals surface area contributed by atoms with Gasteiger partial charge in [-0.3, -0.25) is 4.98 Å². The van der Waals surface area contributed by atoms with Crippen LogP contribution < -0.4 is 0 Å². The van der Waals surface area contributed by atoms with Gasteiger partial charge in [0.05, 0.1) is 5.69 Å². The first kappa shape index (κ1) is 17.3. The van der Waals surface area contributed by atoms with Crippen LogP contribution in [0.1, 0.15) is 0 Å². The summed E-state index contributed by atoms with van der Waals surface area (Å²) < 4.78 is 12.4. The fraction of sp³-hybridized carbons (Fsp3) is 0. The number of rotatable bonds is 2. The molecule has 0 radical (unpaired) electrons. The van der Waals surface area contributed by atoms with Crippen LogP contribution in [0.3, 0.4) is 0 Å². The molecular weight excluding hydrogens is 394 g/mol. The Hall–Kier alpha value is -4.37. The lowest BCUT2D eigenvalue weighted by Gasteiger charge is -2.05. The summed E-state index contributed by atoms with van der Waals surface area (Å²) in [7, 11) is 0. The van der Waals surface area contributed by atoms with E-state index >= 15 is 0 Å². The first-order chi connectivity index (χ1) is 15.8. The molecule has 3 nitrogen and oxygen atoms in total. The van der Waals surface area contributed by atoms with E-state index in [1.807, 2.05) is 54.7 Å². The average molecular weight is 411 g/mol. The van der Waals surface area contributed by atoms with E-state index in [4.69, 9.17) is 8.83 Å². The highest BCUT2D eigenvalue weighted by molar-refractivity contribution is 6.19. The molecule has 0 bridgehead atoms. The quantitative estimate of drug-likeness (QED) is 0.288. The maximum atomic E-state index is 6.27. The van der Waals surface area contributed by atoms with Gasteiger partial charge in [0.15, 0.2) is 11.2 Å². The van der Waals surface area contributed by atoms with Crippen molar-refractivity contribution in [3.05, 3.63) is 103 Å². The zero-order valence-corrected chi connectivity index (χ0v) is 17.1. The molecule has 7 aromatic rings. The van der Waals surface area contributed by atoms with Gasteiger partial charge in [0.1, 0.15) is 11.2 Å². The van der Waals surface area contributed by atoms with Crippen molar-refractivity contribution in [3.63, 3.8) is 0 Å². The summed E-state index contributed by atoms with van der Waals surface area (Å²) in [4.78, 5) is 4.56. The molecule has 0 saturated carbocycles. The zero-order valence-electron chi connectivity index (χ0n) is 17.1. The molecule has 0 aliphatic rings. The fourth-order valence-electron chi connectivity index (χ4n) is 4.57. The van der Waals surface area contributed by atoms with Gasteiger partial charge in [-0.1, -0.05) is 54.6 Å². The standard InChI is InChI=1S/C29H17NO2/c1-2-6-18(7-3-1)25-17-20(14-15-30-25)19-10-13-27-24(16-19)23-12-11-22-21-8-4-5-9-26(21)31-28(22)29(23)32-27/h1-17H. The van der Waals surface area contributed by atoms with Gasteiger partial charge in [0, 0.05) is 33.3 Å². The van der Waals surface area contributed by atoms with Crippen molar-refractivity contribution in [1.29, 1.82) is 0 Å². The third-order valence-electron chi connectivity index (χ3n) is 6.15. The topological polar surface area (TPSA) is 39.2 Å². The van der Waals surface area contributed by atoms with Crippen LogP contribution in [0.4, 0.5) is 0 Å². The van der Waals surface area contributed by atoms with E-state index in [0.29, 0.717) is 0 Å². The summed E-state index contributed by atoms with van der Waals surface area (Å²) in [5, 5.41) is 4.33. The minimum Gasteiger partial charge on any atom is -0.452 e. The van der Waals surface area contributed by atoms with Crippen molar-refractivity contribution in [2.24, 2.45) is 0 Å². The summed E-state index contributed by atoms with van der Waals surface area (Å²) in [5.41, 5.74) is 7.66. The van der Waals surface area contributed by atoms with Crippen LogP contribution in [-0.4, -0.2) is 4.98 Å². The molecule has 0 spiro atoms. The number of fused-ring (bicyclic) bond motifs is 7. The molecule has 3 heterocycles. The lowest BCUT2D eigenvalue weighted by Crippen LogP contribution is -1.85. The maximum absolute atomic E-state index is 6.27. The van der Waals surface area contributed by atoms with Gasteiger partial charge in [-0.05, 0) is 53.6 Å². The lowest BCUT2D eigenvalue weighted by atomic mass is 10.0. The summed E-state index contributed by atoms with van der Waals surface area (Å²) in [6, 6.07) is 33.1. The maximum Gasteiger partial charge on any atom is 0.178 e.